The monoisotopic (exact) mass is 253 g/mol. The predicted octanol–water partition coefficient (Wildman–Crippen LogP) is 2.18. The Hall–Kier alpha value is -1.62. The molecular formula is C12H15NO3S. The first-order chi connectivity index (χ1) is 8.13. The van der Waals surface area contributed by atoms with Crippen LogP contribution in [-0.2, 0) is 16.0 Å². The summed E-state index contributed by atoms with van der Waals surface area (Å²) in [4.78, 5) is 23.3. The Morgan fingerprint density at radius 1 is 1.53 bits per heavy atom. The maximum Gasteiger partial charge on any atom is 0.352 e. The second-order valence-corrected chi connectivity index (χ2v) is 4.52. The largest absolute Gasteiger partial charge is 0.477 e. The van der Waals surface area contributed by atoms with E-state index in [2.05, 4.69) is 5.32 Å². The number of carboxylic acid groups (broad SMARTS) is 1. The van der Waals surface area contributed by atoms with Crippen molar-refractivity contribution in [2.24, 2.45) is 0 Å². The number of aryl methyl sites for hydroxylation is 1. The van der Waals surface area contributed by atoms with Gasteiger partial charge < -0.3 is 10.4 Å². The van der Waals surface area contributed by atoms with E-state index in [0.717, 1.165) is 12.8 Å². The first kappa shape index (κ1) is 13.4. The third kappa shape index (κ3) is 4.82. The Balaban J connectivity index is 2.28. The zero-order valence-corrected chi connectivity index (χ0v) is 10.4. The fourth-order valence-electron chi connectivity index (χ4n) is 1.34. The Bertz CT molecular complexity index is 409. The van der Waals surface area contributed by atoms with E-state index in [1.54, 1.807) is 18.3 Å². The Labute approximate surface area is 104 Å². The van der Waals surface area contributed by atoms with Crippen LogP contribution in [-0.4, -0.2) is 17.0 Å². The lowest BCUT2D eigenvalue weighted by atomic mass is 10.2. The zero-order chi connectivity index (χ0) is 12.7. The molecule has 0 aromatic carbocycles. The van der Waals surface area contributed by atoms with Crippen LogP contribution in [0.5, 0.6) is 0 Å². The molecule has 4 nitrogen and oxygen atoms in total. The molecule has 2 N–H and O–H groups in total. The number of aliphatic carboxylic acids is 1. The molecule has 0 spiro atoms. The fourth-order valence-corrected chi connectivity index (χ4v) is 2.09. The van der Waals surface area contributed by atoms with Gasteiger partial charge in [0.15, 0.2) is 0 Å². The number of carbonyl (C=O) groups is 2. The SMILES string of the molecule is C/C=C(/NC(=O)CCCc1cccs1)C(=O)O. The van der Waals surface area contributed by atoms with Crippen LogP contribution in [0.3, 0.4) is 0 Å². The van der Waals surface area contributed by atoms with E-state index < -0.39 is 5.97 Å². The van der Waals surface area contributed by atoms with Crippen molar-refractivity contribution in [2.75, 3.05) is 0 Å². The van der Waals surface area contributed by atoms with Crippen molar-refractivity contribution >= 4 is 23.2 Å². The smallest absolute Gasteiger partial charge is 0.352 e. The van der Waals surface area contributed by atoms with Gasteiger partial charge in [0.25, 0.3) is 0 Å². The summed E-state index contributed by atoms with van der Waals surface area (Å²) in [6.07, 6.45) is 3.29. The summed E-state index contributed by atoms with van der Waals surface area (Å²) in [6.45, 7) is 1.58. The molecule has 0 saturated heterocycles. The van der Waals surface area contributed by atoms with Crippen LogP contribution >= 0.6 is 11.3 Å². The summed E-state index contributed by atoms with van der Waals surface area (Å²) in [5.41, 5.74) is -0.0638. The van der Waals surface area contributed by atoms with Crippen molar-refractivity contribution in [2.45, 2.75) is 26.2 Å². The third-order valence-corrected chi connectivity index (χ3v) is 3.14. The number of hydrogen-bond donors (Lipinski definition) is 2. The van der Waals surface area contributed by atoms with Gasteiger partial charge in [-0.2, -0.15) is 0 Å². The lowest BCUT2D eigenvalue weighted by Crippen LogP contribution is -2.26. The van der Waals surface area contributed by atoms with Crippen LogP contribution in [0.15, 0.2) is 29.3 Å². The van der Waals surface area contributed by atoms with Crippen molar-refractivity contribution in [1.82, 2.24) is 5.32 Å². The summed E-state index contributed by atoms with van der Waals surface area (Å²) < 4.78 is 0. The molecular weight excluding hydrogens is 238 g/mol. The molecule has 1 aromatic rings. The molecule has 1 aromatic heterocycles. The van der Waals surface area contributed by atoms with Crippen LogP contribution in [0.4, 0.5) is 0 Å². The highest BCUT2D eigenvalue weighted by molar-refractivity contribution is 7.09. The molecule has 1 amide bonds. The lowest BCUT2D eigenvalue weighted by molar-refractivity contribution is -0.134. The van der Waals surface area contributed by atoms with Gasteiger partial charge in [-0.3, -0.25) is 4.79 Å². The van der Waals surface area contributed by atoms with E-state index in [9.17, 15) is 9.59 Å². The van der Waals surface area contributed by atoms with E-state index in [0.29, 0.717) is 6.42 Å². The molecule has 1 rings (SSSR count). The first-order valence-corrected chi connectivity index (χ1v) is 6.23. The topological polar surface area (TPSA) is 66.4 Å². The minimum absolute atomic E-state index is 0.0638. The van der Waals surface area contributed by atoms with E-state index >= 15 is 0 Å². The van der Waals surface area contributed by atoms with E-state index in [4.69, 9.17) is 5.11 Å². The maximum absolute atomic E-state index is 11.4. The summed E-state index contributed by atoms with van der Waals surface area (Å²) in [7, 11) is 0. The quantitative estimate of drug-likeness (QED) is 0.764. The summed E-state index contributed by atoms with van der Waals surface area (Å²) in [5.74, 6) is -1.36. The predicted molar refractivity (Wildman–Crippen MR) is 66.8 cm³/mol. The van der Waals surface area contributed by atoms with E-state index in [-0.39, 0.29) is 11.6 Å². The number of hydrogen-bond acceptors (Lipinski definition) is 3. The molecule has 0 aliphatic carbocycles. The van der Waals surface area contributed by atoms with E-state index in [1.807, 2.05) is 17.5 Å². The highest BCUT2D eigenvalue weighted by Crippen LogP contribution is 2.11. The van der Waals surface area contributed by atoms with Gasteiger partial charge in [0.1, 0.15) is 5.70 Å². The van der Waals surface area contributed by atoms with Gasteiger partial charge in [0, 0.05) is 11.3 Å². The normalized spacial score (nSPS) is 11.2. The number of rotatable bonds is 6. The molecule has 0 radical (unpaired) electrons. The molecule has 17 heavy (non-hydrogen) atoms. The van der Waals surface area contributed by atoms with Crippen molar-refractivity contribution in [3.8, 4) is 0 Å². The summed E-state index contributed by atoms with van der Waals surface area (Å²) in [6, 6.07) is 4.00. The summed E-state index contributed by atoms with van der Waals surface area (Å²) in [5, 5.41) is 13.1. The van der Waals surface area contributed by atoms with Gasteiger partial charge in [-0.1, -0.05) is 12.1 Å². The Morgan fingerprint density at radius 3 is 2.82 bits per heavy atom. The first-order valence-electron chi connectivity index (χ1n) is 5.35. The second kappa shape index (κ2) is 6.85. The molecule has 0 aliphatic heterocycles. The van der Waals surface area contributed by atoms with Gasteiger partial charge >= 0.3 is 5.97 Å². The molecule has 0 unspecified atom stereocenters. The van der Waals surface area contributed by atoms with Gasteiger partial charge in [-0.05, 0) is 31.2 Å². The zero-order valence-electron chi connectivity index (χ0n) is 9.60. The number of allylic oxidation sites excluding steroid dienone is 1. The van der Waals surface area contributed by atoms with Gasteiger partial charge in [0.05, 0.1) is 0 Å². The Kier molecular flexibility index (Phi) is 5.42. The number of carboxylic acids is 1. The van der Waals surface area contributed by atoms with Crippen molar-refractivity contribution in [3.05, 3.63) is 34.2 Å². The molecule has 0 fully saturated rings. The van der Waals surface area contributed by atoms with Gasteiger partial charge in [-0.15, -0.1) is 11.3 Å². The van der Waals surface area contributed by atoms with Gasteiger partial charge in [0.2, 0.25) is 5.91 Å². The maximum atomic E-state index is 11.4. The molecule has 0 atom stereocenters. The highest BCUT2D eigenvalue weighted by Gasteiger charge is 2.09. The fraction of sp³-hybridized carbons (Fsp3) is 0.333. The van der Waals surface area contributed by atoms with Crippen molar-refractivity contribution < 1.29 is 14.7 Å². The number of amides is 1. The number of nitrogens with one attached hydrogen (secondary N) is 1. The van der Waals surface area contributed by atoms with Crippen LogP contribution in [0.25, 0.3) is 0 Å². The molecule has 0 aliphatic rings. The van der Waals surface area contributed by atoms with Crippen LogP contribution in [0, 0.1) is 0 Å². The van der Waals surface area contributed by atoms with Crippen LogP contribution < -0.4 is 5.32 Å². The van der Waals surface area contributed by atoms with Gasteiger partial charge in [-0.25, -0.2) is 4.79 Å². The molecule has 0 bridgehead atoms. The molecule has 0 saturated carbocycles. The number of thiophene rings is 1. The molecule has 92 valence electrons. The average Bonchev–Trinajstić information content (AvgIpc) is 2.78. The molecule has 5 heteroatoms. The number of carbonyl (C=O) groups excluding carboxylic acids is 1. The second-order valence-electron chi connectivity index (χ2n) is 3.49. The standard InChI is InChI=1S/C12H15NO3S/c1-2-10(12(15)16)13-11(14)7-3-5-9-6-4-8-17-9/h2,4,6,8H,3,5,7H2,1H3,(H,13,14)(H,15,16)/b10-2+. The molecule has 1 heterocycles. The third-order valence-electron chi connectivity index (χ3n) is 2.20. The van der Waals surface area contributed by atoms with Crippen LogP contribution in [0.2, 0.25) is 0 Å². The van der Waals surface area contributed by atoms with Crippen molar-refractivity contribution in [3.63, 3.8) is 0 Å². The minimum Gasteiger partial charge on any atom is -0.477 e. The lowest BCUT2D eigenvalue weighted by Gasteiger charge is -2.04. The van der Waals surface area contributed by atoms with Crippen molar-refractivity contribution in [1.29, 1.82) is 0 Å². The van der Waals surface area contributed by atoms with Crippen LogP contribution in [0.1, 0.15) is 24.6 Å². The summed E-state index contributed by atoms with van der Waals surface area (Å²) >= 11 is 1.66. The highest BCUT2D eigenvalue weighted by atomic mass is 32.1. The van der Waals surface area contributed by atoms with E-state index in [1.165, 1.54) is 11.0 Å². The minimum atomic E-state index is -1.11. The average molecular weight is 253 g/mol. The Morgan fingerprint density at radius 2 is 2.29 bits per heavy atom.